The lowest BCUT2D eigenvalue weighted by molar-refractivity contribution is -0.385. The average molecular weight is 516 g/mol. The quantitative estimate of drug-likeness (QED) is 0.219. The first-order chi connectivity index (χ1) is 18.4. The lowest BCUT2D eigenvalue weighted by Crippen LogP contribution is -2.31. The Bertz CT molecular complexity index is 1310. The number of carbonyl (C=O) groups excluding carboxylic acids is 1. The second kappa shape index (κ2) is 11.1. The van der Waals surface area contributed by atoms with Crippen LogP contribution < -0.4 is 15.2 Å². The minimum absolute atomic E-state index is 0.0213. The Kier molecular flexibility index (Phi) is 7.49. The van der Waals surface area contributed by atoms with Gasteiger partial charge in [0.25, 0.3) is 5.69 Å². The van der Waals surface area contributed by atoms with Crippen LogP contribution in [0.3, 0.4) is 0 Å². The highest BCUT2D eigenvalue weighted by Gasteiger charge is 2.37. The summed E-state index contributed by atoms with van der Waals surface area (Å²) < 4.78 is 11.8. The molecule has 2 aliphatic rings. The van der Waals surface area contributed by atoms with Crippen LogP contribution in [-0.2, 0) is 11.2 Å². The molecule has 0 aromatic heterocycles. The maximum Gasteiger partial charge on any atom is 0.274 e. The van der Waals surface area contributed by atoms with Gasteiger partial charge in [0.15, 0.2) is 11.5 Å². The summed E-state index contributed by atoms with van der Waals surface area (Å²) >= 11 is 0. The number of amides is 1. The smallest absolute Gasteiger partial charge is 0.274 e. The topological polar surface area (TPSA) is 108 Å². The molecular weight excluding hydrogens is 482 g/mol. The summed E-state index contributed by atoms with van der Waals surface area (Å²) in [7, 11) is 1.64. The third kappa shape index (κ3) is 5.44. The largest absolute Gasteiger partial charge is 0.493 e. The van der Waals surface area contributed by atoms with Crippen molar-refractivity contribution in [2.24, 2.45) is 0 Å². The summed E-state index contributed by atoms with van der Waals surface area (Å²) in [6.07, 6.45) is 5.30. The Balaban J connectivity index is 1.43. The van der Waals surface area contributed by atoms with Gasteiger partial charge in [-0.05, 0) is 55.0 Å². The molecule has 2 atom stereocenters. The molecule has 1 heterocycles. The number of nitrogens with zero attached hydrogens (tertiary/aromatic N) is 2. The van der Waals surface area contributed by atoms with Gasteiger partial charge in [0.2, 0.25) is 5.91 Å². The molecule has 2 N–H and O–H groups in total. The Hall–Kier alpha value is -4.07. The van der Waals surface area contributed by atoms with Crippen LogP contribution in [0.4, 0.5) is 11.4 Å². The highest BCUT2D eigenvalue weighted by atomic mass is 16.6. The van der Waals surface area contributed by atoms with Crippen molar-refractivity contribution < 1.29 is 19.2 Å². The first-order valence-corrected chi connectivity index (χ1v) is 13.1. The zero-order valence-electron chi connectivity index (χ0n) is 21.5. The number of rotatable bonds is 9. The normalized spacial score (nSPS) is 18.5. The highest BCUT2D eigenvalue weighted by Crippen LogP contribution is 2.40. The summed E-state index contributed by atoms with van der Waals surface area (Å²) in [4.78, 5) is 26.7. The van der Waals surface area contributed by atoms with Gasteiger partial charge in [-0.3, -0.25) is 14.9 Å². The van der Waals surface area contributed by atoms with E-state index in [1.807, 2.05) is 53.4 Å². The van der Waals surface area contributed by atoms with Crippen LogP contribution in [0.2, 0.25) is 0 Å². The lowest BCUT2D eigenvalue weighted by Gasteiger charge is -2.29. The van der Waals surface area contributed by atoms with Crippen molar-refractivity contribution in [2.75, 3.05) is 19.4 Å². The third-order valence-electron chi connectivity index (χ3n) is 7.69. The number of hydrogen-bond donors (Lipinski definition) is 1. The summed E-state index contributed by atoms with van der Waals surface area (Å²) in [5.41, 5.74) is 8.65. The summed E-state index contributed by atoms with van der Waals surface area (Å²) in [5.74, 6) is 1.42. The summed E-state index contributed by atoms with van der Waals surface area (Å²) in [5, 5.41) is 11.8. The fraction of sp³-hybridized carbons (Fsp3) is 0.367. The van der Waals surface area contributed by atoms with Gasteiger partial charge in [0, 0.05) is 42.6 Å². The van der Waals surface area contributed by atoms with E-state index in [1.165, 1.54) is 18.9 Å². The first kappa shape index (κ1) is 25.6. The van der Waals surface area contributed by atoms with Crippen LogP contribution in [0.25, 0.3) is 0 Å². The minimum Gasteiger partial charge on any atom is -0.493 e. The first-order valence-electron chi connectivity index (χ1n) is 13.1. The molecule has 38 heavy (non-hydrogen) atoms. The fourth-order valence-corrected chi connectivity index (χ4v) is 5.70. The molecule has 3 aromatic rings. The molecule has 1 aliphatic carbocycles. The van der Waals surface area contributed by atoms with Crippen molar-refractivity contribution in [1.29, 1.82) is 0 Å². The number of nitrogens with two attached hydrogens (primary N) is 1. The van der Waals surface area contributed by atoms with E-state index in [1.54, 1.807) is 19.2 Å². The van der Waals surface area contributed by atoms with Crippen molar-refractivity contribution in [2.45, 2.75) is 56.6 Å². The third-order valence-corrected chi connectivity index (χ3v) is 7.69. The van der Waals surface area contributed by atoms with Gasteiger partial charge in [-0.2, -0.15) is 0 Å². The average Bonchev–Trinajstić information content (AvgIpc) is 3.58. The molecule has 3 aromatic carbocycles. The number of nitro groups is 1. The molecule has 2 unspecified atom stereocenters. The van der Waals surface area contributed by atoms with Crippen molar-refractivity contribution in [3.8, 4) is 11.5 Å². The van der Waals surface area contributed by atoms with E-state index in [2.05, 4.69) is 0 Å². The van der Waals surface area contributed by atoms with Crippen molar-refractivity contribution in [3.05, 3.63) is 93.5 Å². The maximum atomic E-state index is 13.4. The van der Waals surface area contributed by atoms with E-state index in [0.29, 0.717) is 36.4 Å². The Morgan fingerprint density at radius 1 is 1.05 bits per heavy atom. The number of likely N-dealkylation sites (tertiary alicyclic amines) is 1. The predicted octanol–water partition coefficient (Wildman–Crippen LogP) is 5.81. The molecule has 5 rings (SSSR count). The fourth-order valence-electron chi connectivity index (χ4n) is 5.70. The van der Waals surface area contributed by atoms with Crippen molar-refractivity contribution in [1.82, 2.24) is 4.90 Å². The van der Waals surface area contributed by atoms with Crippen LogP contribution in [0.1, 0.15) is 60.8 Å². The number of benzene rings is 3. The van der Waals surface area contributed by atoms with Crippen LogP contribution in [-0.4, -0.2) is 35.5 Å². The molecule has 2 fully saturated rings. The van der Waals surface area contributed by atoms with Crippen LogP contribution in [0.15, 0.2) is 66.7 Å². The molecule has 0 bridgehead atoms. The van der Waals surface area contributed by atoms with Gasteiger partial charge >= 0.3 is 0 Å². The van der Waals surface area contributed by atoms with Gasteiger partial charge in [0.1, 0.15) is 0 Å². The Morgan fingerprint density at radius 2 is 1.82 bits per heavy atom. The minimum atomic E-state index is -0.411. The van der Waals surface area contributed by atoms with E-state index in [9.17, 15) is 14.9 Å². The zero-order valence-corrected chi connectivity index (χ0v) is 21.5. The molecule has 1 saturated carbocycles. The molecule has 8 heteroatoms. The molecule has 0 spiro atoms. The Morgan fingerprint density at radius 3 is 2.53 bits per heavy atom. The number of nitro benzene ring substituents is 1. The molecule has 1 amide bonds. The Labute approximate surface area is 222 Å². The lowest BCUT2D eigenvalue weighted by atomic mass is 9.95. The monoisotopic (exact) mass is 515 g/mol. The molecule has 8 nitrogen and oxygen atoms in total. The molecule has 1 saturated heterocycles. The van der Waals surface area contributed by atoms with Gasteiger partial charge < -0.3 is 20.1 Å². The SMILES string of the molecule is COc1ccc(C2CC(=O)N(C(Cc3ccc(N)cc3[N+](=O)[O-])c3ccccc3)C2)cc1OC1CCCC1. The van der Waals surface area contributed by atoms with E-state index in [0.717, 1.165) is 29.7 Å². The van der Waals surface area contributed by atoms with Crippen molar-refractivity contribution in [3.63, 3.8) is 0 Å². The zero-order chi connectivity index (χ0) is 26.6. The molecular formula is C30H33N3O5. The standard InChI is InChI=1S/C30H33N3O5/c1-37-28-14-12-21(16-29(28)38-25-9-5-6-10-25)23-17-30(34)32(19-23)26(20-7-3-2-4-8-20)15-22-11-13-24(31)18-27(22)33(35)36/h2-4,7-8,11-14,16,18,23,25-26H,5-6,9-10,15,17,19,31H2,1H3. The second-order valence-electron chi connectivity index (χ2n) is 10.2. The van der Waals surface area contributed by atoms with E-state index < -0.39 is 4.92 Å². The van der Waals surface area contributed by atoms with Crippen LogP contribution >= 0.6 is 0 Å². The van der Waals surface area contributed by atoms with Gasteiger partial charge in [-0.25, -0.2) is 0 Å². The van der Waals surface area contributed by atoms with Gasteiger partial charge in [-0.1, -0.05) is 42.5 Å². The van der Waals surface area contributed by atoms with Crippen LogP contribution in [0.5, 0.6) is 11.5 Å². The van der Waals surface area contributed by atoms with E-state index in [-0.39, 0.29) is 29.7 Å². The number of anilines is 1. The summed E-state index contributed by atoms with van der Waals surface area (Å²) in [6.45, 7) is 0.510. The number of ether oxygens (including phenoxy) is 2. The van der Waals surface area contributed by atoms with Crippen LogP contribution in [0, 0.1) is 10.1 Å². The second-order valence-corrected chi connectivity index (χ2v) is 10.2. The summed E-state index contributed by atoms with van der Waals surface area (Å²) in [6, 6.07) is 20.0. The number of carbonyl (C=O) groups is 1. The number of methoxy groups -OCH3 is 1. The predicted molar refractivity (Wildman–Crippen MR) is 145 cm³/mol. The van der Waals surface area contributed by atoms with Gasteiger partial charge in [-0.15, -0.1) is 0 Å². The molecule has 0 radical (unpaired) electrons. The molecule has 1 aliphatic heterocycles. The van der Waals surface area contributed by atoms with Gasteiger partial charge in [0.05, 0.1) is 24.2 Å². The highest BCUT2D eigenvalue weighted by molar-refractivity contribution is 5.80. The van der Waals surface area contributed by atoms with E-state index in [4.69, 9.17) is 15.2 Å². The number of nitrogen functional groups attached to an aromatic ring is 1. The van der Waals surface area contributed by atoms with E-state index >= 15 is 0 Å². The maximum absolute atomic E-state index is 13.4. The van der Waals surface area contributed by atoms with Crippen molar-refractivity contribution >= 4 is 17.3 Å². The molecule has 198 valence electrons. The number of hydrogen-bond acceptors (Lipinski definition) is 6.